The Morgan fingerprint density at radius 2 is 0.511 bits per heavy atom. The van der Waals surface area contributed by atoms with Gasteiger partial charge in [0.1, 0.15) is 9.84 Å². The van der Waals surface area contributed by atoms with E-state index >= 15 is 0 Å². The predicted molar refractivity (Wildman–Crippen MR) is 196 cm³/mol. The number of rotatable bonds is 14. The fraction of sp³-hybridized carbons (Fsp3) is 0.182. The molecule has 2 nitrogen and oxygen atoms in total. The highest BCUT2D eigenvalue weighted by atomic mass is 32.2. The van der Waals surface area contributed by atoms with Gasteiger partial charge in [-0.15, -0.1) is 0 Å². The SMILES string of the molecule is O=S(=O)(CCCC(c1ccccc1)(c1ccccc1)c1ccccc1)CCCC(c1ccccc1)(c1ccccc1)c1ccccc1. The molecule has 0 aliphatic rings. The van der Waals surface area contributed by atoms with Gasteiger partial charge < -0.3 is 0 Å². The van der Waals surface area contributed by atoms with E-state index in [0.717, 1.165) is 0 Å². The van der Waals surface area contributed by atoms with Crippen molar-refractivity contribution < 1.29 is 8.42 Å². The average molecular weight is 635 g/mol. The molecule has 0 fully saturated rings. The highest BCUT2D eigenvalue weighted by molar-refractivity contribution is 7.91. The van der Waals surface area contributed by atoms with E-state index in [1.807, 2.05) is 36.4 Å². The van der Waals surface area contributed by atoms with Gasteiger partial charge >= 0.3 is 0 Å². The van der Waals surface area contributed by atoms with Crippen LogP contribution in [0, 0.1) is 0 Å². The summed E-state index contributed by atoms with van der Waals surface area (Å²) in [6.07, 6.45) is 2.49. The van der Waals surface area contributed by atoms with Gasteiger partial charge in [-0.1, -0.05) is 182 Å². The van der Waals surface area contributed by atoms with Gasteiger partial charge in [-0.3, -0.25) is 0 Å². The van der Waals surface area contributed by atoms with Crippen molar-refractivity contribution in [2.45, 2.75) is 36.5 Å². The van der Waals surface area contributed by atoms with Crippen LogP contribution in [0.5, 0.6) is 0 Å². The first-order valence-electron chi connectivity index (χ1n) is 16.6. The fourth-order valence-electron chi connectivity index (χ4n) is 7.42. The van der Waals surface area contributed by atoms with Crippen molar-refractivity contribution in [3.63, 3.8) is 0 Å². The number of hydrogen-bond acceptors (Lipinski definition) is 2. The summed E-state index contributed by atoms with van der Waals surface area (Å²) in [5.74, 6) is 0.298. The molecule has 0 radical (unpaired) electrons. The van der Waals surface area contributed by atoms with Crippen LogP contribution in [-0.4, -0.2) is 19.9 Å². The molecular weight excluding hydrogens is 593 g/mol. The lowest BCUT2D eigenvalue weighted by Gasteiger charge is -2.36. The molecule has 6 aromatic rings. The second kappa shape index (κ2) is 14.8. The van der Waals surface area contributed by atoms with E-state index in [4.69, 9.17) is 0 Å². The van der Waals surface area contributed by atoms with Gasteiger partial charge in [0.25, 0.3) is 0 Å². The summed E-state index contributed by atoms with van der Waals surface area (Å²) in [6, 6.07) is 63.2. The first-order chi connectivity index (χ1) is 23.0. The molecule has 0 unspecified atom stereocenters. The Balaban J connectivity index is 1.26. The third-order valence-electron chi connectivity index (χ3n) is 9.61. The van der Waals surface area contributed by atoms with E-state index in [2.05, 4.69) is 146 Å². The summed E-state index contributed by atoms with van der Waals surface area (Å²) in [7, 11) is -3.32. The van der Waals surface area contributed by atoms with Crippen LogP contribution in [0.4, 0.5) is 0 Å². The Kier molecular flexibility index (Phi) is 10.1. The van der Waals surface area contributed by atoms with Gasteiger partial charge in [-0.25, -0.2) is 8.42 Å². The summed E-state index contributed by atoms with van der Waals surface area (Å²) < 4.78 is 27.6. The predicted octanol–water partition coefficient (Wildman–Crippen LogP) is 10.0. The zero-order valence-electron chi connectivity index (χ0n) is 26.8. The summed E-state index contributed by atoms with van der Waals surface area (Å²) >= 11 is 0. The summed E-state index contributed by atoms with van der Waals surface area (Å²) in [5.41, 5.74) is 6.13. The van der Waals surface area contributed by atoms with Crippen LogP contribution >= 0.6 is 0 Å². The third-order valence-corrected chi connectivity index (χ3v) is 11.4. The van der Waals surface area contributed by atoms with Crippen molar-refractivity contribution >= 4 is 9.84 Å². The monoisotopic (exact) mass is 634 g/mol. The second-order valence-corrected chi connectivity index (χ2v) is 14.7. The molecule has 0 atom stereocenters. The topological polar surface area (TPSA) is 34.1 Å². The molecule has 6 rings (SSSR count). The molecular formula is C44H42O2S. The van der Waals surface area contributed by atoms with Gasteiger partial charge in [-0.2, -0.15) is 0 Å². The highest BCUT2D eigenvalue weighted by Gasteiger charge is 2.38. The standard InChI is InChI=1S/C44H42O2S/c45-47(46,35-19-33-43(37-21-7-1-8-22-37,38-23-9-2-10-24-38)39-25-11-3-12-26-39)36-20-34-44(40-27-13-4-14-28-40,41-29-15-5-16-30-41)42-31-17-6-18-32-42/h1-18,21-32H,19-20,33-36H2. The highest BCUT2D eigenvalue weighted by Crippen LogP contribution is 2.44. The van der Waals surface area contributed by atoms with Gasteiger partial charge in [0.2, 0.25) is 0 Å². The molecule has 0 spiro atoms. The maximum Gasteiger partial charge on any atom is 0.150 e. The lowest BCUT2D eigenvalue weighted by molar-refractivity contribution is 0.530. The number of sulfone groups is 1. The molecule has 0 amide bonds. The van der Waals surface area contributed by atoms with Crippen LogP contribution in [0.2, 0.25) is 0 Å². The summed E-state index contributed by atoms with van der Waals surface area (Å²) in [4.78, 5) is 0. The fourth-order valence-corrected chi connectivity index (χ4v) is 8.79. The van der Waals surface area contributed by atoms with Crippen LogP contribution in [-0.2, 0) is 20.7 Å². The molecule has 0 aliphatic heterocycles. The molecule has 47 heavy (non-hydrogen) atoms. The Morgan fingerprint density at radius 3 is 0.702 bits per heavy atom. The Hall–Kier alpha value is -4.73. The molecule has 236 valence electrons. The van der Waals surface area contributed by atoms with Crippen molar-refractivity contribution in [1.29, 1.82) is 0 Å². The Bertz CT molecular complexity index is 1580. The maximum absolute atomic E-state index is 13.8. The number of benzene rings is 6. The van der Waals surface area contributed by atoms with Crippen molar-refractivity contribution in [3.8, 4) is 0 Å². The zero-order valence-corrected chi connectivity index (χ0v) is 27.6. The third kappa shape index (κ3) is 7.01. The van der Waals surface area contributed by atoms with Crippen LogP contribution in [0.3, 0.4) is 0 Å². The van der Waals surface area contributed by atoms with Gasteiger partial charge in [0.05, 0.1) is 11.5 Å². The van der Waals surface area contributed by atoms with Crippen molar-refractivity contribution in [3.05, 3.63) is 215 Å². The minimum Gasteiger partial charge on any atom is -0.229 e. The smallest absolute Gasteiger partial charge is 0.150 e. The van der Waals surface area contributed by atoms with Crippen molar-refractivity contribution in [2.24, 2.45) is 0 Å². The summed E-state index contributed by atoms with van der Waals surface area (Å²) in [6.45, 7) is 0. The van der Waals surface area contributed by atoms with Crippen molar-refractivity contribution in [1.82, 2.24) is 0 Å². The zero-order chi connectivity index (χ0) is 32.4. The van der Waals surface area contributed by atoms with E-state index in [9.17, 15) is 8.42 Å². The molecule has 0 saturated carbocycles. The van der Waals surface area contributed by atoms with Gasteiger partial charge in [0.15, 0.2) is 0 Å². The van der Waals surface area contributed by atoms with E-state index in [1.54, 1.807) is 0 Å². The van der Waals surface area contributed by atoms with Gasteiger partial charge in [-0.05, 0) is 59.1 Å². The summed E-state index contributed by atoms with van der Waals surface area (Å²) in [5, 5.41) is 0. The number of hydrogen-bond donors (Lipinski definition) is 0. The molecule has 0 heterocycles. The maximum atomic E-state index is 13.8. The minimum absolute atomic E-state index is 0.149. The van der Waals surface area contributed by atoms with Gasteiger partial charge in [0, 0.05) is 10.8 Å². The molecule has 0 N–H and O–H groups in total. The molecule has 0 aliphatic carbocycles. The largest absolute Gasteiger partial charge is 0.229 e. The van der Waals surface area contributed by atoms with E-state index in [-0.39, 0.29) is 11.5 Å². The lowest BCUT2D eigenvalue weighted by Crippen LogP contribution is -2.31. The van der Waals surface area contributed by atoms with Crippen LogP contribution in [0.1, 0.15) is 59.1 Å². The van der Waals surface area contributed by atoms with E-state index in [1.165, 1.54) is 33.4 Å². The van der Waals surface area contributed by atoms with Crippen LogP contribution in [0.15, 0.2) is 182 Å². The Labute approximate surface area is 280 Å². The molecule has 0 bridgehead atoms. The van der Waals surface area contributed by atoms with Crippen molar-refractivity contribution in [2.75, 3.05) is 11.5 Å². The minimum atomic E-state index is -3.32. The average Bonchev–Trinajstić information content (AvgIpc) is 3.14. The quantitative estimate of drug-likeness (QED) is 0.112. The lowest BCUT2D eigenvalue weighted by atomic mass is 9.67. The Morgan fingerprint density at radius 1 is 0.319 bits per heavy atom. The second-order valence-electron chi connectivity index (χ2n) is 12.4. The molecule has 0 saturated heterocycles. The van der Waals surface area contributed by atoms with Crippen LogP contribution < -0.4 is 0 Å². The van der Waals surface area contributed by atoms with Crippen LogP contribution in [0.25, 0.3) is 0 Å². The molecule has 3 heteroatoms. The normalized spacial score (nSPS) is 12.1. The first-order valence-corrected chi connectivity index (χ1v) is 18.4. The molecule has 6 aromatic carbocycles. The van der Waals surface area contributed by atoms with E-state index < -0.39 is 20.7 Å². The first kappa shape index (κ1) is 32.2. The van der Waals surface area contributed by atoms with E-state index in [0.29, 0.717) is 25.7 Å². The molecule has 0 aromatic heterocycles.